The van der Waals surface area contributed by atoms with Crippen LogP contribution in [0.15, 0.2) is 42.5 Å². The maximum Gasteiger partial charge on any atom is 0.308 e. The first-order valence-corrected chi connectivity index (χ1v) is 8.93. The molecule has 25 heavy (non-hydrogen) atoms. The third kappa shape index (κ3) is 4.18. The lowest BCUT2D eigenvalue weighted by molar-refractivity contribution is -0.136. The van der Waals surface area contributed by atoms with Gasteiger partial charge in [-0.3, -0.25) is 4.79 Å². The Labute approximate surface area is 155 Å². The molecular formula is C19H17ClN2O2S. The number of carbonyl (C=O) groups is 1. The van der Waals surface area contributed by atoms with Crippen molar-refractivity contribution in [1.29, 1.82) is 0 Å². The summed E-state index contributed by atoms with van der Waals surface area (Å²) in [5.41, 5.74) is 4.84. The summed E-state index contributed by atoms with van der Waals surface area (Å²) >= 11 is 7.26. The molecule has 1 heterocycles. The Balaban J connectivity index is 1.98. The highest BCUT2D eigenvalue weighted by Gasteiger charge is 2.16. The highest BCUT2D eigenvalue weighted by atomic mass is 35.5. The van der Waals surface area contributed by atoms with Crippen LogP contribution in [0.2, 0.25) is 5.02 Å². The first-order chi connectivity index (χ1) is 11.9. The highest BCUT2D eigenvalue weighted by Crippen LogP contribution is 2.34. The number of carboxylic acids is 1. The number of nitrogens with zero attached hydrogens (tertiary/aromatic N) is 1. The van der Waals surface area contributed by atoms with E-state index in [0.29, 0.717) is 15.8 Å². The molecule has 0 unspecified atom stereocenters. The molecule has 1 aromatic heterocycles. The van der Waals surface area contributed by atoms with Gasteiger partial charge in [-0.2, -0.15) is 0 Å². The highest BCUT2D eigenvalue weighted by molar-refractivity contribution is 7.16. The van der Waals surface area contributed by atoms with Gasteiger partial charge < -0.3 is 10.4 Å². The number of halogens is 1. The molecular weight excluding hydrogens is 356 g/mol. The van der Waals surface area contributed by atoms with Crippen LogP contribution in [0.5, 0.6) is 0 Å². The second kappa shape index (κ2) is 7.25. The number of anilines is 2. The van der Waals surface area contributed by atoms with E-state index in [4.69, 9.17) is 11.6 Å². The summed E-state index contributed by atoms with van der Waals surface area (Å²) in [6.45, 7) is 4.08. The van der Waals surface area contributed by atoms with Crippen LogP contribution in [0.1, 0.15) is 16.0 Å². The fourth-order valence-electron chi connectivity index (χ4n) is 2.43. The second-order valence-electron chi connectivity index (χ2n) is 5.79. The minimum absolute atomic E-state index is 0.0534. The molecule has 0 aliphatic heterocycles. The van der Waals surface area contributed by atoms with Gasteiger partial charge in [0.25, 0.3) is 0 Å². The number of nitrogens with one attached hydrogen (secondary N) is 1. The summed E-state index contributed by atoms with van der Waals surface area (Å²) in [6.07, 6.45) is -0.0534. The number of aryl methyl sites for hydroxylation is 2. The van der Waals surface area contributed by atoms with E-state index in [1.54, 1.807) is 12.1 Å². The van der Waals surface area contributed by atoms with E-state index in [1.165, 1.54) is 16.9 Å². The summed E-state index contributed by atoms with van der Waals surface area (Å²) in [6, 6.07) is 13.4. The van der Waals surface area contributed by atoms with Gasteiger partial charge in [-0.15, -0.1) is 11.3 Å². The zero-order valence-electron chi connectivity index (χ0n) is 13.8. The number of hydrogen-bond donors (Lipinski definition) is 2. The van der Waals surface area contributed by atoms with E-state index >= 15 is 0 Å². The van der Waals surface area contributed by atoms with Crippen LogP contribution in [-0.4, -0.2) is 16.1 Å². The largest absolute Gasteiger partial charge is 0.481 e. The van der Waals surface area contributed by atoms with E-state index in [0.717, 1.165) is 21.7 Å². The monoisotopic (exact) mass is 372 g/mol. The Kier molecular flexibility index (Phi) is 5.06. The number of rotatable bonds is 5. The lowest BCUT2D eigenvalue weighted by Gasteiger charge is -2.05. The summed E-state index contributed by atoms with van der Waals surface area (Å²) in [4.78, 5) is 16.6. The van der Waals surface area contributed by atoms with E-state index in [9.17, 15) is 9.90 Å². The summed E-state index contributed by atoms with van der Waals surface area (Å²) in [5.74, 6) is -0.869. The molecule has 0 saturated carbocycles. The van der Waals surface area contributed by atoms with Crippen LogP contribution in [0.4, 0.5) is 10.8 Å². The Bertz CT molecular complexity index is 920. The average molecular weight is 373 g/mol. The van der Waals surface area contributed by atoms with Gasteiger partial charge in [0.15, 0.2) is 5.13 Å². The molecule has 0 aliphatic rings. The van der Waals surface area contributed by atoms with Gasteiger partial charge in [-0.1, -0.05) is 23.7 Å². The van der Waals surface area contributed by atoms with E-state index in [-0.39, 0.29) is 6.42 Å². The quantitative estimate of drug-likeness (QED) is 0.625. The summed E-state index contributed by atoms with van der Waals surface area (Å²) < 4.78 is 0. The normalized spacial score (nSPS) is 10.7. The Morgan fingerprint density at radius 2 is 1.88 bits per heavy atom. The smallest absolute Gasteiger partial charge is 0.308 e. The molecule has 128 valence electrons. The predicted molar refractivity (Wildman–Crippen MR) is 103 cm³/mol. The van der Waals surface area contributed by atoms with Crippen molar-refractivity contribution in [2.24, 2.45) is 0 Å². The van der Waals surface area contributed by atoms with Crippen molar-refractivity contribution in [1.82, 2.24) is 4.98 Å². The van der Waals surface area contributed by atoms with E-state index < -0.39 is 5.97 Å². The molecule has 2 N–H and O–H groups in total. The van der Waals surface area contributed by atoms with Crippen molar-refractivity contribution < 1.29 is 9.90 Å². The number of carboxylic acid groups (broad SMARTS) is 1. The average Bonchev–Trinajstić information content (AvgIpc) is 2.94. The van der Waals surface area contributed by atoms with Crippen LogP contribution in [0.3, 0.4) is 0 Å². The zero-order valence-corrected chi connectivity index (χ0v) is 15.4. The number of aromatic nitrogens is 1. The minimum Gasteiger partial charge on any atom is -0.481 e. The molecule has 0 radical (unpaired) electrons. The third-order valence-corrected chi connectivity index (χ3v) is 5.11. The fourth-order valence-corrected chi connectivity index (χ4v) is 3.55. The summed E-state index contributed by atoms with van der Waals surface area (Å²) in [7, 11) is 0. The molecule has 0 saturated heterocycles. The molecule has 3 aromatic rings. The standard InChI is InChI=1S/C19H17ClN2O2S/c1-11-3-4-13(9-12(11)2)18-16(10-17(23)24)25-19(22-18)21-15-7-5-14(20)6-8-15/h3-9H,10H2,1-2H3,(H,21,22)(H,23,24). The van der Waals surface area contributed by atoms with Gasteiger partial charge in [-0.25, -0.2) is 4.98 Å². The van der Waals surface area contributed by atoms with Crippen molar-refractivity contribution in [2.45, 2.75) is 20.3 Å². The van der Waals surface area contributed by atoms with Crippen LogP contribution >= 0.6 is 22.9 Å². The molecule has 0 fully saturated rings. The first-order valence-electron chi connectivity index (χ1n) is 7.74. The topological polar surface area (TPSA) is 62.2 Å². The number of hydrogen-bond acceptors (Lipinski definition) is 4. The van der Waals surface area contributed by atoms with Crippen molar-refractivity contribution in [2.75, 3.05) is 5.32 Å². The molecule has 3 rings (SSSR count). The van der Waals surface area contributed by atoms with Gasteiger partial charge >= 0.3 is 5.97 Å². The Morgan fingerprint density at radius 1 is 1.16 bits per heavy atom. The molecule has 0 aliphatic carbocycles. The van der Waals surface area contributed by atoms with Crippen LogP contribution in [0, 0.1) is 13.8 Å². The number of aliphatic carboxylic acids is 1. The third-order valence-electron chi connectivity index (χ3n) is 3.88. The van der Waals surface area contributed by atoms with Crippen molar-refractivity contribution >= 4 is 39.7 Å². The molecule has 4 nitrogen and oxygen atoms in total. The summed E-state index contributed by atoms with van der Waals surface area (Å²) in [5, 5.41) is 13.7. The van der Waals surface area contributed by atoms with Crippen LogP contribution < -0.4 is 5.32 Å². The van der Waals surface area contributed by atoms with Gasteiger partial charge in [0.1, 0.15) is 0 Å². The van der Waals surface area contributed by atoms with Crippen LogP contribution in [-0.2, 0) is 11.2 Å². The molecule has 0 spiro atoms. The van der Waals surface area contributed by atoms with Gasteiger partial charge in [0.05, 0.1) is 12.1 Å². The lowest BCUT2D eigenvalue weighted by atomic mass is 10.0. The van der Waals surface area contributed by atoms with E-state index in [1.807, 2.05) is 44.2 Å². The molecule has 0 bridgehead atoms. The Morgan fingerprint density at radius 3 is 2.52 bits per heavy atom. The van der Waals surface area contributed by atoms with Crippen molar-refractivity contribution in [3.05, 3.63) is 63.5 Å². The fraction of sp³-hybridized carbons (Fsp3) is 0.158. The van der Waals surface area contributed by atoms with Crippen molar-refractivity contribution in [3.8, 4) is 11.3 Å². The zero-order chi connectivity index (χ0) is 18.0. The van der Waals surface area contributed by atoms with E-state index in [2.05, 4.69) is 10.3 Å². The number of thiazole rings is 1. The van der Waals surface area contributed by atoms with Gasteiger partial charge in [0, 0.05) is 21.2 Å². The minimum atomic E-state index is -0.869. The number of benzene rings is 2. The predicted octanol–water partition coefficient (Wildman–Crippen LogP) is 5.45. The van der Waals surface area contributed by atoms with Gasteiger partial charge in [-0.05, 0) is 55.3 Å². The second-order valence-corrected chi connectivity index (χ2v) is 7.31. The lowest BCUT2D eigenvalue weighted by Crippen LogP contribution is -1.99. The van der Waals surface area contributed by atoms with Crippen molar-refractivity contribution in [3.63, 3.8) is 0 Å². The SMILES string of the molecule is Cc1ccc(-c2nc(Nc3ccc(Cl)cc3)sc2CC(=O)O)cc1C. The molecule has 6 heteroatoms. The van der Waals surface area contributed by atoms with Gasteiger partial charge in [0.2, 0.25) is 0 Å². The first kappa shape index (κ1) is 17.5. The molecule has 0 amide bonds. The van der Waals surface area contributed by atoms with Crippen LogP contribution in [0.25, 0.3) is 11.3 Å². The maximum absolute atomic E-state index is 11.2. The molecule has 2 aromatic carbocycles. The Hall–Kier alpha value is -2.37. The molecule has 0 atom stereocenters. The maximum atomic E-state index is 11.2.